The van der Waals surface area contributed by atoms with Crippen molar-refractivity contribution >= 4 is 35.0 Å². The normalized spacial score (nSPS) is 19.1. The van der Waals surface area contributed by atoms with Crippen LogP contribution in [0.3, 0.4) is 0 Å². The van der Waals surface area contributed by atoms with Gasteiger partial charge in [0, 0.05) is 31.7 Å². The number of amides is 4. The molecule has 0 N–H and O–H groups in total. The third-order valence-corrected chi connectivity index (χ3v) is 7.31. The predicted molar refractivity (Wildman–Crippen MR) is 144 cm³/mol. The number of halogens is 1. The van der Waals surface area contributed by atoms with Crippen molar-refractivity contribution in [3.8, 4) is 0 Å². The Morgan fingerprint density at radius 1 is 0.833 bits per heavy atom. The van der Waals surface area contributed by atoms with E-state index in [1.165, 1.54) is 0 Å². The van der Waals surface area contributed by atoms with Crippen molar-refractivity contribution in [2.75, 3.05) is 25.0 Å². The van der Waals surface area contributed by atoms with Crippen LogP contribution in [0.1, 0.15) is 24.8 Å². The number of hydrogen-bond donors (Lipinski definition) is 0. The molecule has 0 saturated carbocycles. The van der Waals surface area contributed by atoms with E-state index in [9.17, 15) is 9.59 Å². The highest BCUT2D eigenvalue weighted by atomic mass is 35.5. The van der Waals surface area contributed by atoms with Gasteiger partial charge in [0.1, 0.15) is 0 Å². The molecule has 186 valence electrons. The first kappa shape index (κ1) is 24.2. The first-order chi connectivity index (χ1) is 17.5. The Hall–Kier alpha value is -3.51. The van der Waals surface area contributed by atoms with Crippen molar-refractivity contribution in [3.05, 3.63) is 95.5 Å². The summed E-state index contributed by atoms with van der Waals surface area (Å²) in [7, 11) is 1.84. The van der Waals surface area contributed by atoms with E-state index in [1.54, 1.807) is 9.80 Å². The highest BCUT2D eigenvalue weighted by Crippen LogP contribution is 2.33. The second kappa shape index (κ2) is 10.6. The molecule has 0 spiro atoms. The zero-order valence-electron chi connectivity index (χ0n) is 20.5. The van der Waals surface area contributed by atoms with E-state index in [0.717, 1.165) is 36.2 Å². The minimum Gasteiger partial charge on any atom is -0.323 e. The molecule has 2 aliphatic rings. The molecule has 2 fully saturated rings. The van der Waals surface area contributed by atoms with Gasteiger partial charge in [-0.15, -0.1) is 0 Å². The monoisotopic (exact) mass is 502 g/mol. The molecule has 7 heteroatoms. The lowest BCUT2D eigenvalue weighted by Gasteiger charge is -2.51. The van der Waals surface area contributed by atoms with Crippen LogP contribution >= 0.6 is 11.6 Å². The Labute approximate surface area is 217 Å². The summed E-state index contributed by atoms with van der Waals surface area (Å²) in [5.41, 5.74) is 2.66. The molecule has 0 radical (unpaired) electrons. The Morgan fingerprint density at radius 2 is 1.42 bits per heavy atom. The van der Waals surface area contributed by atoms with Crippen molar-refractivity contribution in [2.45, 2.75) is 37.9 Å². The summed E-state index contributed by atoms with van der Waals surface area (Å²) in [5, 5.41) is 0.665. The molecule has 3 aromatic carbocycles. The number of fused-ring (bicyclic) bond motifs is 2. The van der Waals surface area contributed by atoms with Gasteiger partial charge in [-0.05, 0) is 61.2 Å². The van der Waals surface area contributed by atoms with E-state index in [0.29, 0.717) is 24.7 Å². The SMILES string of the molecule is CN(Cc1cccc(Cl)c1)C(=O)N1[C@@H]2CCC[C@H]1CN(C(=O)N(c1ccccc1)c1ccccc1)C2. The Morgan fingerprint density at radius 3 is 1.97 bits per heavy atom. The number of hydrogen-bond acceptors (Lipinski definition) is 2. The number of urea groups is 2. The van der Waals surface area contributed by atoms with Gasteiger partial charge in [0.2, 0.25) is 0 Å². The minimum absolute atomic E-state index is 0.00385. The van der Waals surface area contributed by atoms with Crippen LogP contribution in [0.15, 0.2) is 84.9 Å². The van der Waals surface area contributed by atoms with Gasteiger partial charge in [-0.25, -0.2) is 9.59 Å². The number of para-hydroxylation sites is 2. The zero-order valence-corrected chi connectivity index (χ0v) is 21.2. The van der Waals surface area contributed by atoms with E-state index in [1.807, 2.05) is 102 Å². The highest BCUT2D eigenvalue weighted by Gasteiger charge is 2.43. The van der Waals surface area contributed by atoms with Gasteiger partial charge >= 0.3 is 12.1 Å². The number of likely N-dealkylation sites (tertiary alicyclic amines) is 1. The van der Waals surface area contributed by atoms with Gasteiger partial charge in [0.25, 0.3) is 0 Å². The molecule has 2 heterocycles. The lowest BCUT2D eigenvalue weighted by Crippen LogP contribution is -2.66. The van der Waals surface area contributed by atoms with Crippen molar-refractivity contribution in [1.82, 2.24) is 14.7 Å². The van der Waals surface area contributed by atoms with Crippen LogP contribution < -0.4 is 4.90 Å². The zero-order chi connectivity index (χ0) is 25.1. The first-order valence-corrected chi connectivity index (χ1v) is 12.9. The number of nitrogens with zero attached hydrogens (tertiary/aromatic N) is 4. The number of piperazine rings is 1. The van der Waals surface area contributed by atoms with Crippen molar-refractivity contribution < 1.29 is 9.59 Å². The molecule has 3 aromatic rings. The molecule has 4 amide bonds. The second-order valence-corrected chi connectivity index (χ2v) is 10.0. The van der Waals surface area contributed by atoms with Crippen LogP contribution in [0.2, 0.25) is 5.02 Å². The summed E-state index contributed by atoms with van der Waals surface area (Å²) >= 11 is 6.14. The topological polar surface area (TPSA) is 47.1 Å². The van der Waals surface area contributed by atoms with Crippen LogP contribution in [0, 0.1) is 0 Å². The maximum Gasteiger partial charge on any atom is 0.329 e. The van der Waals surface area contributed by atoms with Crippen LogP contribution in [0.4, 0.5) is 21.0 Å². The molecular weight excluding hydrogens is 472 g/mol. The fraction of sp³-hybridized carbons (Fsp3) is 0.310. The summed E-state index contributed by atoms with van der Waals surface area (Å²) < 4.78 is 0. The smallest absolute Gasteiger partial charge is 0.323 e. The van der Waals surface area contributed by atoms with Crippen LogP contribution in [0.5, 0.6) is 0 Å². The molecule has 0 aliphatic carbocycles. The fourth-order valence-corrected chi connectivity index (χ4v) is 5.63. The molecule has 2 saturated heterocycles. The molecule has 36 heavy (non-hydrogen) atoms. The van der Waals surface area contributed by atoms with E-state index >= 15 is 0 Å². The van der Waals surface area contributed by atoms with Gasteiger partial charge in [-0.1, -0.05) is 60.1 Å². The number of carbonyl (C=O) groups excluding carboxylic acids is 2. The molecule has 5 rings (SSSR count). The Balaban J connectivity index is 1.34. The van der Waals surface area contributed by atoms with E-state index in [2.05, 4.69) is 0 Å². The average Bonchev–Trinajstić information content (AvgIpc) is 2.89. The maximum absolute atomic E-state index is 13.9. The van der Waals surface area contributed by atoms with Crippen LogP contribution in [0.25, 0.3) is 0 Å². The summed E-state index contributed by atoms with van der Waals surface area (Å²) in [4.78, 5) is 35.0. The molecule has 0 unspecified atom stereocenters. The summed E-state index contributed by atoms with van der Waals surface area (Å²) in [6.45, 7) is 1.55. The number of benzene rings is 3. The third kappa shape index (κ3) is 5.05. The summed E-state index contributed by atoms with van der Waals surface area (Å²) in [6.07, 6.45) is 2.86. The lowest BCUT2D eigenvalue weighted by molar-refractivity contribution is 0.0237. The highest BCUT2D eigenvalue weighted by molar-refractivity contribution is 6.30. The van der Waals surface area contributed by atoms with Gasteiger partial charge < -0.3 is 14.7 Å². The van der Waals surface area contributed by atoms with Gasteiger partial charge in [0.15, 0.2) is 0 Å². The summed E-state index contributed by atoms with van der Waals surface area (Å²) in [5.74, 6) is 0. The fourth-order valence-electron chi connectivity index (χ4n) is 5.42. The average molecular weight is 503 g/mol. The molecular formula is C29H31ClN4O2. The number of anilines is 2. The predicted octanol–water partition coefficient (Wildman–Crippen LogP) is 6.39. The standard InChI is InChI=1S/C29H31ClN4O2/c1-31(19-22-10-8-11-23(30)18-22)28(35)34-26-16-9-17-27(34)21-32(20-26)29(36)33(24-12-4-2-5-13-24)25-14-6-3-7-15-25/h2-8,10-15,18,26-27H,9,16-17,19-21H2,1H3/t26-,27+. The molecule has 0 aromatic heterocycles. The first-order valence-electron chi connectivity index (χ1n) is 12.5. The molecule has 2 bridgehead atoms. The van der Waals surface area contributed by atoms with Crippen molar-refractivity contribution in [3.63, 3.8) is 0 Å². The van der Waals surface area contributed by atoms with Crippen molar-refractivity contribution in [2.24, 2.45) is 0 Å². The quantitative estimate of drug-likeness (QED) is 0.415. The largest absolute Gasteiger partial charge is 0.329 e. The Kier molecular flexibility index (Phi) is 7.14. The van der Waals surface area contributed by atoms with Gasteiger partial charge in [0.05, 0.1) is 23.5 Å². The maximum atomic E-state index is 13.9. The van der Waals surface area contributed by atoms with E-state index in [4.69, 9.17) is 11.6 Å². The second-order valence-electron chi connectivity index (χ2n) is 9.61. The molecule has 6 nitrogen and oxygen atoms in total. The number of piperidine rings is 1. The lowest BCUT2D eigenvalue weighted by atomic mass is 9.91. The molecule has 2 aliphatic heterocycles. The Bertz CT molecular complexity index is 1150. The molecule has 2 atom stereocenters. The van der Waals surface area contributed by atoms with Gasteiger partial charge in [-0.3, -0.25) is 4.90 Å². The summed E-state index contributed by atoms with van der Waals surface area (Å²) in [6, 6.07) is 27.1. The minimum atomic E-state index is -0.0521. The van der Waals surface area contributed by atoms with Crippen molar-refractivity contribution in [1.29, 1.82) is 0 Å². The third-order valence-electron chi connectivity index (χ3n) is 7.07. The van der Waals surface area contributed by atoms with E-state index in [-0.39, 0.29) is 24.1 Å². The van der Waals surface area contributed by atoms with E-state index < -0.39 is 0 Å². The number of carbonyl (C=O) groups is 2. The van der Waals surface area contributed by atoms with Crippen LogP contribution in [-0.4, -0.2) is 59.0 Å². The van der Waals surface area contributed by atoms with Crippen LogP contribution in [-0.2, 0) is 6.54 Å². The van der Waals surface area contributed by atoms with Gasteiger partial charge in [-0.2, -0.15) is 0 Å². The number of rotatable bonds is 4.